The van der Waals surface area contributed by atoms with Crippen molar-refractivity contribution in [3.05, 3.63) is 30.0 Å². The maximum atomic E-state index is 12.8. The summed E-state index contributed by atoms with van der Waals surface area (Å²) in [5.74, 6) is -0.712. The third-order valence-corrected chi connectivity index (χ3v) is 5.64. The van der Waals surface area contributed by atoms with Crippen molar-refractivity contribution in [3.8, 4) is 6.07 Å². The van der Waals surface area contributed by atoms with E-state index in [2.05, 4.69) is 41.7 Å². The summed E-state index contributed by atoms with van der Waals surface area (Å²) in [5, 5.41) is 9.82. The molecule has 2 aromatic rings. The summed E-state index contributed by atoms with van der Waals surface area (Å²) < 4.78 is 5.51. The summed E-state index contributed by atoms with van der Waals surface area (Å²) in [5.41, 5.74) is 1.82. The second kappa shape index (κ2) is 9.66. The number of para-hydroxylation sites is 2. The lowest BCUT2D eigenvalue weighted by Gasteiger charge is -2.34. The topological polar surface area (TPSA) is 82.3 Å². The van der Waals surface area contributed by atoms with Crippen LogP contribution in [0.1, 0.15) is 38.3 Å². The van der Waals surface area contributed by atoms with Gasteiger partial charge in [-0.2, -0.15) is 5.26 Å². The molecule has 1 atom stereocenters. The van der Waals surface area contributed by atoms with Gasteiger partial charge in [0.2, 0.25) is 0 Å². The Hall–Kier alpha value is -2.72. The first-order valence-electron chi connectivity index (χ1n) is 10.3. The van der Waals surface area contributed by atoms with Crippen LogP contribution in [0.3, 0.4) is 0 Å². The highest BCUT2D eigenvalue weighted by molar-refractivity contribution is 5.85. The van der Waals surface area contributed by atoms with Crippen molar-refractivity contribution in [1.29, 1.82) is 5.26 Å². The van der Waals surface area contributed by atoms with Gasteiger partial charge in [-0.3, -0.25) is 4.79 Å². The van der Waals surface area contributed by atoms with E-state index in [1.54, 1.807) is 0 Å². The van der Waals surface area contributed by atoms with E-state index < -0.39 is 11.9 Å². The Morgan fingerprint density at radius 2 is 1.76 bits per heavy atom. The van der Waals surface area contributed by atoms with E-state index in [9.17, 15) is 10.1 Å². The number of esters is 1. The fraction of sp³-hybridized carbons (Fsp3) is 0.545. The monoisotopic (exact) mass is 395 g/mol. The van der Waals surface area contributed by atoms with Crippen LogP contribution in [0.5, 0.6) is 0 Å². The third-order valence-electron chi connectivity index (χ3n) is 5.64. The van der Waals surface area contributed by atoms with E-state index in [-0.39, 0.29) is 0 Å². The quantitative estimate of drug-likeness (QED) is 0.667. The number of nitrogens with zero attached hydrogens (tertiary/aromatic N) is 5. The van der Waals surface area contributed by atoms with Gasteiger partial charge in [0, 0.05) is 26.2 Å². The zero-order valence-electron chi connectivity index (χ0n) is 17.5. The van der Waals surface area contributed by atoms with Crippen LogP contribution in [0.2, 0.25) is 0 Å². The number of nitriles is 1. The molecule has 0 N–H and O–H groups in total. The van der Waals surface area contributed by atoms with Gasteiger partial charge in [-0.05, 0) is 25.1 Å². The van der Waals surface area contributed by atoms with Crippen LogP contribution < -0.4 is 4.90 Å². The van der Waals surface area contributed by atoms with E-state index in [1.807, 2.05) is 24.3 Å². The molecule has 1 fully saturated rings. The molecule has 0 spiro atoms. The molecule has 1 aromatic carbocycles. The van der Waals surface area contributed by atoms with Gasteiger partial charge in [0.15, 0.2) is 11.7 Å². The normalized spacial score (nSPS) is 16.0. The Kier molecular flexibility index (Phi) is 6.99. The molecular weight excluding hydrogens is 366 g/mol. The molecule has 0 radical (unpaired) electrons. The zero-order chi connectivity index (χ0) is 20.8. The Bertz CT molecular complexity index is 882. The summed E-state index contributed by atoms with van der Waals surface area (Å²) in [6, 6.07) is 9.66. The lowest BCUT2D eigenvalue weighted by atomic mass is 10.0. The van der Waals surface area contributed by atoms with Crippen LogP contribution in [0, 0.1) is 17.2 Å². The number of hydrogen-bond donors (Lipinski definition) is 0. The van der Waals surface area contributed by atoms with Crippen molar-refractivity contribution in [1.82, 2.24) is 14.9 Å². The van der Waals surface area contributed by atoms with E-state index >= 15 is 0 Å². The second-order valence-corrected chi connectivity index (χ2v) is 7.59. The first kappa shape index (κ1) is 21.0. The minimum Gasteiger partial charge on any atom is -0.464 e. The standard InChI is InChI=1S/C22H29N5O2/c1-4-16(5-2)15-29-22(28)17(14-23)20-21(27-12-10-26(3)11-13-27)25-19-9-7-6-8-18(19)24-20/h6-9,16-17H,4-5,10-13,15H2,1-3H3/t17-/m1/s1. The number of piperazine rings is 1. The van der Waals surface area contributed by atoms with Crippen LogP contribution in [-0.2, 0) is 9.53 Å². The number of ether oxygens (including phenoxy) is 1. The number of aromatic nitrogens is 2. The van der Waals surface area contributed by atoms with Crippen LogP contribution in [0.15, 0.2) is 24.3 Å². The Labute approximate surface area is 172 Å². The SMILES string of the molecule is CCC(CC)COC(=O)[C@H](C#N)c1nc2ccccc2nc1N1CCN(C)CC1. The van der Waals surface area contributed by atoms with E-state index in [1.165, 1.54) is 0 Å². The van der Waals surface area contributed by atoms with E-state index in [0.717, 1.165) is 44.5 Å². The zero-order valence-corrected chi connectivity index (χ0v) is 17.5. The van der Waals surface area contributed by atoms with Gasteiger partial charge in [-0.1, -0.05) is 38.8 Å². The minimum atomic E-state index is -1.09. The molecule has 7 nitrogen and oxygen atoms in total. The highest BCUT2D eigenvalue weighted by atomic mass is 16.5. The number of rotatable bonds is 7. The second-order valence-electron chi connectivity index (χ2n) is 7.59. The molecule has 2 heterocycles. The molecule has 0 amide bonds. The van der Waals surface area contributed by atoms with Crippen LogP contribution in [0.4, 0.5) is 5.82 Å². The first-order chi connectivity index (χ1) is 14.1. The number of fused-ring (bicyclic) bond motifs is 1. The lowest BCUT2D eigenvalue weighted by molar-refractivity contribution is -0.145. The number of anilines is 1. The molecule has 1 aliphatic rings. The number of hydrogen-bond acceptors (Lipinski definition) is 7. The summed E-state index contributed by atoms with van der Waals surface area (Å²) in [7, 11) is 2.08. The molecule has 29 heavy (non-hydrogen) atoms. The number of carbonyl (C=O) groups excluding carboxylic acids is 1. The molecule has 3 rings (SSSR count). The molecule has 7 heteroatoms. The molecular formula is C22H29N5O2. The average Bonchev–Trinajstić information content (AvgIpc) is 2.75. The molecule has 0 bridgehead atoms. The van der Waals surface area contributed by atoms with Crippen molar-refractivity contribution < 1.29 is 9.53 Å². The summed E-state index contributed by atoms with van der Waals surface area (Å²) in [6.45, 7) is 7.81. The van der Waals surface area contributed by atoms with Crippen LogP contribution >= 0.6 is 0 Å². The fourth-order valence-electron chi connectivity index (χ4n) is 3.48. The van der Waals surface area contributed by atoms with Crippen molar-refractivity contribution >= 4 is 22.8 Å². The predicted molar refractivity (Wildman–Crippen MR) is 113 cm³/mol. The summed E-state index contributed by atoms with van der Waals surface area (Å²) in [4.78, 5) is 26.6. The third kappa shape index (κ3) is 4.83. The maximum Gasteiger partial charge on any atom is 0.329 e. The maximum absolute atomic E-state index is 12.8. The van der Waals surface area contributed by atoms with Crippen LogP contribution in [-0.4, -0.2) is 60.7 Å². The van der Waals surface area contributed by atoms with E-state index in [4.69, 9.17) is 9.72 Å². The average molecular weight is 396 g/mol. The molecule has 1 aliphatic heterocycles. The summed E-state index contributed by atoms with van der Waals surface area (Å²) >= 11 is 0. The van der Waals surface area contributed by atoms with Gasteiger partial charge >= 0.3 is 5.97 Å². The molecule has 1 aromatic heterocycles. The fourth-order valence-corrected chi connectivity index (χ4v) is 3.48. The Morgan fingerprint density at radius 1 is 1.14 bits per heavy atom. The molecule has 0 aliphatic carbocycles. The van der Waals surface area contributed by atoms with Gasteiger partial charge in [-0.15, -0.1) is 0 Å². The highest BCUT2D eigenvalue weighted by Gasteiger charge is 2.31. The van der Waals surface area contributed by atoms with Crippen molar-refractivity contribution in [2.24, 2.45) is 5.92 Å². The van der Waals surface area contributed by atoms with Crippen molar-refractivity contribution in [2.75, 3.05) is 44.7 Å². The Balaban J connectivity index is 1.95. The van der Waals surface area contributed by atoms with Crippen molar-refractivity contribution in [3.63, 3.8) is 0 Å². The first-order valence-corrected chi connectivity index (χ1v) is 10.3. The minimum absolute atomic E-state index is 0.304. The van der Waals surface area contributed by atoms with Gasteiger partial charge in [0.05, 0.1) is 23.7 Å². The van der Waals surface area contributed by atoms with Gasteiger partial charge in [0.25, 0.3) is 0 Å². The highest BCUT2D eigenvalue weighted by Crippen LogP contribution is 2.28. The van der Waals surface area contributed by atoms with Crippen LogP contribution in [0.25, 0.3) is 11.0 Å². The van der Waals surface area contributed by atoms with E-state index in [0.29, 0.717) is 29.6 Å². The largest absolute Gasteiger partial charge is 0.464 e. The predicted octanol–water partition coefficient (Wildman–Crippen LogP) is 2.97. The van der Waals surface area contributed by atoms with Gasteiger partial charge < -0.3 is 14.5 Å². The molecule has 1 saturated heterocycles. The lowest BCUT2D eigenvalue weighted by Crippen LogP contribution is -2.45. The molecule has 154 valence electrons. The van der Waals surface area contributed by atoms with Gasteiger partial charge in [-0.25, -0.2) is 9.97 Å². The summed E-state index contributed by atoms with van der Waals surface area (Å²) in [6.07, 6.45) is 1.87. The number of benzene rings is 1. The van der Waals surface area contributed by atoms with Crippen molar-refractivity contribution in [2.45, 2.75) is 32.6 Å². The number of carbonyl (C=O) groups is 1. The molecule has 0 unspecified atom stereocenters. The Morgan fingerprint density at radius 3 is 2.34 bits per heavy atom. The molecule has 0 saturated carbocycles. The smallest absolute Gasteiger partial charge is 0.329 e. The number of likely N-dealkylation sites (N-methyl/N-ethyl adjacent to an activating group) is 1. The van der Waals surface area contributed by atoms with Gasteiger partial charge in [0.1, 0.15) is 5.69 Å².